The summed E-state index contributed by atoms with van der Waals surface area (Å²) in [6, 6.07) is 0. The average Bonchev–Trinajstić information content (AvgIpc) is 1.68. The first kappa shape index (κ1) is 6.01. The van der Waals surface area contributed by atoms with Crippen LogP contribution in [0.15, 0.2) is 12.8 Å². The van der Waals surface area contributed by atoms with Crippen LogP contribution < -0.4 is 5.26 Å². The van der Waals surface area contributed by atoms with Crippen molar-refractivity contribution in [3.63, 3.8) is 0 Å². The van der Waals surface area contributed by atoms with Crippen molar-refractivity contribution < 1.29 is 14.6 Å². The summed E-state index contributed by atoms with van der Waals surface area (Å²) >= 11 is 0. The van der Waals surface area contributed by atoms with E-state index in [1.807, 2.05) is 0 Å². The number of esters is 1. The highest BCUT2D eigenvalue weighted by Crippen LogP contribution is 1.72. The molecule has 7 heavy (non-hydrogen) atoms. The molecular weight excluding hydrogens is 96.0 g/mol. The molecule has 0 radical (unpaired) electrons. The topological polar surface area (TPSA) is 43.6 Å². The van der Waals surface area contributed by atoms with E-state index in [0.717, 1.165) is 6.26 Å². The normalized spacial score (nSPS) is 10.7. The Kier molecular flexibility index (Phi) is 2.76. The van der Waals surface area contributed by atoms with Crippen LogP contribution in [0, 0.1) is 0 Å². The lowest BCUT2D eigenvalue weighted by molar-refractivity contribution is -1.05. The monoisotopic (exact) mass is 102 g/mol. The highest BCUT2D eigenvalue weighted by atomic mass is 17.1. The Morgan fingerprint density at radius 3 is 2.71 bits per heavy atom. The maximum Gasteiger partial charge on any atom is 0.499 e. The van der Waals surface area contributed by atoms with Gasteiger partial charge in [0.25, 0.3) is 0 Å². The lowest BCUT2D eigenvalue weighted by atomic mass is 10.8. The van der Waals surface area contributed by atoms with E-state index in [4.69, 9.17) is 0 Å². The summed E-state index contributed by atoms with van der Waals surface area (Å²) in [6.07, 6.45) is 1.12. The zero-order chi connectivity index (χ0) is 5.70. The Labute approximate surface area is 41.5 Å². The third kappa shape index (κ3) is 2.82. The Morgan fingerprint density at radius 1 is 2.00 bits per heavy atom. The first-order chi connectivity index (χ1) is 3.31. The minimum atomic E-state index is -0.0463. The van der Waals surface area contributed by atoms with Crippen molar-refractivity contribution in [2.24, 2.45) is 0 Å². The third-order valence-corrected chi connectivity index (χ3v) is 0.367. The molecule has 0 aromatic heterocycles. The first-order valence-electron chi connectivity index (χ1n) is 1.72. The van der Waals surface area contributed by atoms with Crippen LogP contribution in [-0.2, 0) is 9.31 Å². The standard InChI is InChI=1S/C4H6O3/c1-3-6-4(2)7-5/h3H,1H2,2H3. The van der Waals surface area contributed by atoms with Crippen molar-refractivity contribution in [1.29, 1.82) is 0 Å². The predicted molar refractivity (Wildman–Crippen MR) is 22.0 cm³/mol. The number of hydrogen-bond donors (Lipinski definition) is 0. The summed E-state index contributed by atoms with van der Waals surface area (Å²) in [5.41, 5.74) is 0. The van der Waals surface area contributed by atoms with E-state index in [0.29, 0.717) is 0 Å². The van der Waals surface area contributed by atoms with Gasteiger partial charge in [0.1, 0.15) is 0 Å². The van der Waals surface area contributed by atoms with Crippen molar-refractivity contribution in [1.82, 2.24) is 0 Å². The van der Waals surface area contributed by atoms with Gasteiger partial charge in [0.2, 0.25) is 6.26 Å². The van der Waals surface area contributed by atoms with Crippen LogP contribution in [0.1, 0.15) is 6.92 Å². The van der Waals surface area contributed by atoms with Crippen molar-refractivity contribution in [2.75, 3.05) is 0 Å². The summed E-state index contributed by atoms with van der Waals surface area (Å²) in [6.45, 7) is 4.58. The molecule has 0 N–H and O–H groups in total. The summed E-state index contributed by atoms with van der Waals surface area (Å²) < 4.78 is 7.70. The van der Waals surface area contributed by atoms with Crippen LogP contribution in [0.25, 0.3) is 0 Å². The molecule has 0 unspecified atom stereocenters. The summed E-state index contributed by atoms with van der Waals surface area (Å²) in [5.74, 6) is -0.0463. The predicted octanol–water partition coefficient (Wildman–Crippen LogP) is -0.496. The second kappa shape index (κ2) is 3.21. The first-order valence-corrected chi connectivity index (χ1v) is 1.72. The maximum absolute atomic E-state index is 9.31. The minimum absolute atomic E-state index is 0.0463. The fourth-order valence-corrected chi connectivity index (χ4v) is 0.137. The van der Waals surface area contributed by atoms with E-state index in [-0.39, 0.29) is 5.97 Å². The molecular formula is C4H6O3. The molecule has 0 atom stereocenters. The van der Waals surface area contributed by atoms with E-state index in [2.05, 4.69) is 15.9 Å². The molecule has 0 saturated heterocycles. The molecule has 3 heteroatoms. The van der Waals surface area contributed by atoms with Crippen LogP contribution in [0.2, 0.25) is 0 Å². The zero-order valence-corrected chi connectivity index (χ0v) is 4.01. The van der Waals surface area contributed by atoms with Crippen molar-refractivity contribution in [2.45, 2.75) is 6.92 Å². The molecule has 0 aliphatic carbocycles. The van der Waals surface area contributed by atoms with Crippen molar-refractivity contribution >= 4 is 5.97 Å². The number of carbonyl (C=O) groups excluding carboxylic acids is 1. The zero-order valence-electron chi connectivity index (χ0n) is 4.01. The smallest absolute Gasteiger partial charge is 0.499 e. The Hall–Kier alpha value is -0.990. The highest BCUT2D eigenvalue weighted by Gasteiger charge is 1.95. The summed E-state index contributed by atoms with van der Waals surface area (Å²) in [4.78, 5) is 0. The minimum Gasteiger partial charge on any atom is -0.588 e. The quantitative estimate of drug-likeness (QED) is 0.147. The Balaban J connectivity index is 3.36. The van der Waals surface area contributed by atoms with Gasteiger partial charge in [0.15, 0.2) is 0 Å². The van der Waals surface area contributed by atoms with Crippen LogP contribution in [0.3, 0.4) is 0 Å². The van der Waals surface area contributed by atoms with E-state index >= 15 is 0 Å². The van der Waals surface area contributed by atoms with Gasteiger partial charge in [-0.3, -0.25) is 9.31 Å². The van der Waals surface area contributed by atoms with Crippen LogP contribution in [-0.4, -0.2) is 5.97 Å². The van der Waals surface area contributed by atoms with Gasteiger partial charge < -0.3 is 5.26 Å². The highest BCUT2D eigenvalue weighted by molar-refractivity contribution is 5.66. The fraction of sp³-hybridized carbons (Fsp3) is 0.250. The second-order valence-electron chi connectivity index (χ2n) is 0.859. The largest absolute Gasteiger partial charge is 0.588 e. The van der Waals surface area contributed by atoms with Crippen LogP contribution >= 0.6 is 0 Å². The molecule has 0 rings (SSSR count). The van der Waals surface area contributed by atoms with E-state index in [1.54, 1.807) is 0 Å². The summed E-state index contributed by atoms with van der Waals surface area (Å²) in [5, 5.41) is 9.31. The number of rotatable bonds is 1. The molecule has 0 heterocycles. The van der Waals surface area contributed by atoms with Crippen LogP contribution in [0.5, 0.6) is 0 Å². The number of ether oxygens (including phenoxy) is 1. The third-order valence-electron chi connectivity index (χ3n) is 0.367. The van der Waals surface area contributed by atoms with E-state index in [1.165, 1.54) is 6.92 Å². The van der Waals surface area contributed by atoms with Gasteiger partial charge in [-0.1, -0.05) is 0 Å². The van der Waals surface area contributed by atoms with Crippen LogP contribution in [0.4, 0.5) is 0 Å². The summed E-state index contributed by atoms with van der Waals surface area (Å²) in [7, 11) is 0. The van der Waals surface area contributed by atoms with Gasteiger partial charge in [-0.15, -0.1) is 0 Å². The average molecular weight is 102 g/mol. The van der Waals surface area contributed by atoms with E-state index < -0.39 is 0 Å². The molecule has 40 valence electrons. The van der Waals surface area contributed by atoms with E-state index in [9.17, 15) is 5.26 Å². The number of hydrogen-bond acceptors (Lipinski definition) is 2. The second-order valence-corrected chi connectivity index (χ2v) is 0.859. The fourth-order valence-electron chi connectivity index (χ4n) is 0.137. The Morgan fingerprint density at radius 2 is 2.57 bits per heavy atom. The lowest BCUT2D eigenvalue weighted by Crippen LogP contribution is -2.06. The SMILES string of the molecule is C=COC(C)=[O+][O-]. The molecule has 0 aliphatic heterocycles. The van der Waals surface area contributed by atoms with Gasteiger partial charge >= 0.3 is 5.97 Å². The molecule has 0 saturated carbocycles. The van der Waals surface area contributed by atoms with Gasteiger partial charge in [0, 0.05) is 0 Å². The van der Waals surface area contributed by atoms with Gasteiger partial charge in [0.05, 0.1) is 6.92 Å². The molecule has 0 aliphatic rings. The molecule has 0 spiro atoms. The van der Waals surface area contributed by atoms with Crippen molar-refractivity contribution in [3.05, 3.63) is 12.8 Å². The molecule has 0 bridgehead atoms. The molecule has 0 aromatic carbocycles. The lowest BCUT2D eigenvalue weighted by Gasteiger charge is -1.80. The molecule has 0 amide bonds. The van der Waals surface area contributed by atoms with Gasteiger partial charge in [-0.2, -0.15) is 0 Å². The van der Waals surface area contributed by atoms with Gasteiger partial charge in [-0.25, -0.2) is 0 Å². The molecule has 0 aromatic rings. The van der Waals surface area contributed by atoms with Gasteiger partial charge in [-0.05, 0) is 6.58 Å². The van der Waals surface area contributed by atoms with Crippen molar-refractivity contribution in [3.8, 4) is 0 Å². The molecule has 0 fully saturated rings. The Bertz CT molecular complexity index is 84.9. The molecule has 3 nitrogen and oxygen atoms in total. The maximum atomic E-state index is 9.31.